The number of imidazole rings is 1. The maximum atomic E-state index is 12.6. The molecule has 4 rings (SSSR count). The first kappa shape index (κ1) is 25.3. The summed E-state index contributed by atoms with van der Waals surface area (Å²) >= 11 is 0. The first-order chi connectivity index (χ1) is 16.2. The quantitative estimate of drug-likeness (QED) is 0.500. The van der Waals surface area contributed by atoms with Crippen molar-refractivity contribution in [3.05, 3.63) is 23.1 Å². The van der Waals surface area contributed by atoms with E-state index in [0.717, 1.165) is 61.3 Å². The molecule has 2 aromatic heterocycles. The van der Waals surface area contributed by atoms with E-state index >= 15 is 0 Å². The van der Waals surface area contributed by atoms with Crippen LogP contribution in [0.2, 0.25) is 0 Å². The summed E-state index contributed by atoms with van der Waals surface area (Å²) in [6.45, 7) is 9.09. The summed E-state index contributed by atoms with van der Waals surface area (Å²) in [4.78, 5) is 21.4. The van der Waals surface area contributed by atoms with Crippen LogP contribution in [0.15, 0.2) is 6.07 Å². The molecule has 34 heavy (non-hydrogen) atoms. The minimum absolute atomic E-state index is 0.155. The topological polar surface area (TPSA) is 81.9 Å². The molecule has 0 saturated heterocycles. The maximum absolute atomic E-state index is 12.6. The van der Waals surface area contributed by atoms with Crippen molar-refractivity contribution in [2.45, 2.75) is 104 Å². The smallest absolute Gasteiger partial charge is 0.160 e. The van der Waals surface area contributed by atoms with Gasteiger partial charge in [-0.2, -0.15) is 0 Å². The second-order valence-corrected chi connectivity index (χ2v) is 13.0. The van der Waals surface area contributed by atoms with Gasteiger partial charge in [0.25, 0.3) is 0 Å². The number of ketones is 1. The minimum atomic E-state index is -3.28. The van der Waals surface area contributed by atoms with Crippen molar-refractivity contribution in [1.29, 1.82) is 0 Å². The van der Waals surface area contributed by atoms with Crippen molar-refractivity contribution in [2.75, 3.05) is 5.75 Å². The van der Waals surface area contributed by atoms with Crippen molar-refractivity contribution in [2.24, 2.45) is 17.8 Å². The average molecular weight is 488 g/mol. The van der Waals surface area contributed by atoms with Crippen LogP contribution in [0.25, 0.3) is 11.2 Å². The molecule has 0 aliphatic heterocycles. The predicted molar refractivity (Wildman–Crippen MR) is 137 cm³/mol. The Hall–Kier alpha value is -1.76. The Bertz CT molecular complexity index is 1120. The largest absolute Gasteiger partial charge is 0.312 e. The number of nitrogens with zero attached hydrogens (tertiary/aromatic N) is 3. The Labute approximate surface area is 204 Å². The Morgan fingerprint density at radius 3 is 2.18 bits per heavy atom. The number of carbonyl (C=O) groups is 1. The van der Waals surface area contributed by atoms with E-state index in [-0.39, 0.29) is 16.8 Å². The molecular formula is C27H41N3O3S. The Kier molecular flexibility index (Phi) is 7.80. The molecule has 6 nitrogen and oxygen atoms in total. The summed E-state index contributed by atoms with van der Waals surface area (Å²) in [6.07, 6.45) is 9.60. The van der Waals surface area contributed by atoms with Gasteiger partial charge in [-0.1, -0.05) is 13.8 Å². The zero-order chi connectivity index (χ0) is 24.5. The molecule has 7 heteroatoms. The first-order valence-corrected chi connectivity index (χ1v) is 15.0. The van der Waals surface area contributed by atoms with Crippen LogP contribution in [0, 0.1) is 31.6 Å². The van der Waals surface area contributed by atoms with Gasteiger partial charge in [0.2, 0.25) is 0 Å². The zero-order valence-electron chi connectivity index (χ0n) is 21.3. The molecule has 0 unspecified atom stereocenters. The van der Waals surface area contributed by atoms with Crippen LogP contribution in [0.5, 0.6) is 0 Å². The molecule has 2 aliphatic rings. The van der Waals surface area contributed by atoms with Gasteiger partial charge in [-0.3, -0.25) is 4.79 Å². The maximum Gasteiger partial charge on any atom is 0.160 e. The van der Waals surface area contributed by atoms with E-state index in [1.165, 1.54) is 31.2 Å². The monoisotopic (exact) mass is 487 g/mol. The molecule has 2 aromatic rings. The standard InChI is InChI=1S/C27H41N3O3S/c1-5-23(31)17-34(32,33)24-13-11-22(12-14-24)21-9-7-20(8-10-21)16-30-25(6-2)29-26-18(3)15-19(4)28-27(26)30/h15,20-22,24H,5-14,16-17H2,1-4H3. The fourth-order valence-corrected chi connectivity index (χ4v) is 8.25. The number of aromatic nitrogens is 3. The molecule has 0 spiro atoms. The van der Waals surface area contributed by atoms with Gasteiger partial charge in [-0.15, -0.1) is 0 Å². The highest BCUT2D eigenvalue weighted by Crippen LogP contribution is 2.42. The Balaban J connectivity index is 1.33. The highest BCUT2D eigenvalue weighted by atomic mass is 32.2. The van der Waals surface area contributed by atoms with Gasteiger partial charge in [-0.25, -0.2) is 18.4 Å². The molecule has 0 aromatic carbocycles. The van der Waals surface area contributed by atoms with Crippen LogP contribution in [0.4, 0.5) is 0 Å². The van der Waals surface area contributed by atoms with E-state index in [1.54, 1.807) is 6.92 Å². The lowest BCUT2D eigenvalue weighted by Gasteiger charge is -2.37. The normalized spacial score (nSPS) is 26.1. The van der Waals surface area contributed by atoms with Gasteiger partial charge in [0.15, 0.2) is 15.5 Å². The minimum Gasteiger partial charge on any atom is -0.312 e. The Morgan fingerprint density at radius 2 is 1.59 bits per heavy atom. The van der Waals surface area contributed by atoms with Crippen LogP contribution in [0.3, 0.4) is 0 Å². The summed E-state index contributed by atoms with van der Waals surface area (Å²) in [5.41, 5.74) is 4.34. The lowest BCUT2D eigenvalue weighted by molar-refractivity contribution is -0.116. The third-order valence-electron chi connectivity index (χ3n) is 8.40. The van der Waals surface area contributed by atoms with E-state index in [2.05, 4.69) is 31.4 Å². The van der Waals surface area contributed by atoms with E-state index in [9.17, 15) is 13.2 Å². The summed E-state index contributed by atoms with van der Waals surface area (Å²) in [5, 5.41) is -0.308. The third-order valence-corrected chi connectivity index (χ3v) is 10.6. The van der Waals surface area contributed by atoms with Gasteiger partial charge in [0, 0.05) is 25.1 Å². The molecule has 188 valence electrons. The second-order valence-electron chi connectivity index (χ2n) is 10.8. The van der Waals surface area contributed by atoms with Gasteiger partial charge in [-0.05, 0) is 94.6 Å². The zero-order valence-corrected chi connectivity index (χ0v) is 22.2. The summed E-state index contributed by atoms with van der Waals surface area (Å²) in [7, 11) is -3.28. The van der Waals surface area contributed by atoms with Crippen LogP contribution in [-0.4, -0.2) is 39.7 Å². The highest BCUT2D eigenvalue weighted by molar-refractivity contribution is 7.92. The lowest BCUT2D eigenvalue weighted by Crippen LogP contribution is -2.34. The number of rotatable bonds is 8. The predicted octanol–water partition coefficient (Wildman–Crippen LogP) is 5.37. The van der Waals surface area contributed by atoms with Crippen molar-refractivity contribution < 1.29 is 13.2 Å². The van der Waals surface area contributed by atoms with Gasteiger partial charge < -0.3 is 4.57 Å². The fraction of sp³-hybridized carbons (Fsp3) is 0.741. The van der Waals surface area contributed by atoms with E-state index < -0.39 is 9.84 Å². The van der Waals surface area contributed by atoms with Crippen molar-refractivity contribution >= 4 is 26.8 Å². The van der Waals surface area contributed by atoms with Crippen molar-refractivity contribution in [3.8, 4) is 0 Å². The number of hydrogen-bond acceptors (Lipinski definition) is 5. The lowest BCUT2D eigenvalue weighted by atomic mass is 9.71. The number of fused-ring (bicyclic) bond motifs is 1. The van der Waals surface area contributed by atoms with E-state index in [0.29, 0.717) is 24.2 Å². The van der Waals surface area contributed by atoms with Crippen LogP contribution < -0.4 is 0 Å². The van der Waals surface area contributed by atoms with Crippen molar-refractivity contribution in [3.63, 3.8) is 0 Å². The number of pyridine rings is 1. The van der Waals surface area contributed by atoms with Gasteiger partial charge in [0.05, 0.1) is 5.25 Å². The molecule has 2 saturated carbocycles. The summed E-state index contributed by atoms with van der Waals surface area (Å²) in [6, 6.07) is 2.12. The fourth-order valence-electron chi connectivity index (χ4n) is 6.37. The summed E-state index contributed by atoms with van der Waals surface area (Å²) < 4.78 is 27.5. The molecule has 0 radical (unpaired) electrons. The van der Waals surface area contributed by atoms with Crippen LogP contribution in [-0.2, 0) is 27.6 Å². The van der Waals surface area contributed by atoms with E-state index in [4.69, 9.17) is 9.97 Å². The van der Waals surface area contributed by atoms with Crippen LogP contribution in [0.1, 0.15) is 88.7 Å². The number of sulfone groups is 1. The molecular weight excluding hydrogens is 446 g/mol. The number of Topliss-reactive ketones (excluding diaryl/α,β-unsaturated/α-hetero) is 1. The number of hydrogen-bond donors (Lipinski definition) is 0. The third kappa shape index (κ3) is 5.39. The summed E-state index contributed by atoms with van der Waals surface area (Å²) in [5.74, 6) is 2.72. The first-order valence-electron chi connectivity index (χ1n) is 13.3. The van der Waals surface area contributed by atoms with Crippen molar-refractivity contribution in [1.82, 2.24) is 14.5 Å². The molecule has 2 fully saturated rings. The highest BCUT2D eigenvalue weighted by Gasteiger charge is 2.36. The van der Waals surface area contributed by atoms with E-state index in [1.807, 2.05) is 0 Å². The number of carbonyl (C=O) groups excluding carboxylic acids is 1. The van der Waals surface area contributed by atoms with Gasteiger partial charge >= 0.3 is 0 Å². The van der Waals surface area contributed by atoms with Crippen LogP contribution >= 0.6 is 0 Å². The second kappa shape index (κ2) is 10.5. The molecule has 0 amide bonds. The Morgan fingerprint density at radius 1 is 0.971 bits per heavy atom. The SMILES string of the molecule is CCC(=O)CS(=O)(=O)C1CCC(C2CCC(Cn3c(CC)nc4c(C)cc(C)nc43)CC2)CC1. The molecule has 0 bridgehead atoms. The average Bonchev–Trinajstić information content (AvgIpc) is 3.17. The molecule has 0 N–H and O–H groups in total. The molecule has 2 aliphatic carbocycles. The van der Waals surface area contributed by atoms with Gasteiger partial charge in [0.1, 0.15) is 22.9 Å². The molecule has 2 heterocycles. The number of aryl methyl sites for hydroxylation is 3. The molecule has 0 atom stereocenters.